The number of pyridine rings is 2. The maximum atomic E-state index is 10.6. The van der Waals surface area contributed by atoms with E-state index in [1.165, 1.54) is 0 Å². The van der Waals surface area contributed by atoms with E-state index in [2.05, 4.69) is 25.9 Å². The van der Waals surface area contributed by atoms with Gasteiger partial charge in [0.15, 0.2) is 5.11 Å². The van der Waals surface area contributed by atoms with E-state index in [9.17, 15) is 5.11 Å². The predicted octanol–water partition coefficient (Wildman–Crippen LogP) is 4.15. The number of nitrogens with one attached hydrogen (secondary N) is 1. The van der Waals surface area contributed by atoms with Gasteiger partial charge in [-0.25, -0.2) is 0 Å². The number of hydrogen-bond acceptors (Lipinski definition) is 4. The first-order chi connectivity index (χ1) is 14.7. The standard InChI is InChI=1S/C23H19N5OS/c29-20-9-2-1-7-18(20)28-22(21(26-23(28)30)17-6-3-4-12-25-17)19-8-5-15-27(19)16-10-13-24-14-11-16/h1-15,21-22,29H,(H,26,30)/t21-,22+/m0/s1. The molecule has 1 aromatic carbocycles. The number of aromatic nitrogens is 3. The second-order valence-corrected chi connectivity index (χ2v) is 7.38. The van der Waals surface area contributed by atoms with E-state index in [0.717, 1.165) is 17.1 Å². The molecule has 2 atom stereocenters. The number of phenols is 1. The average Bonchev–Trinajstić information content (AvgIpc) is 3.40. The second kappa shape index (κ2) is 7.61. The normalized spacial score (nSPS) is 18.4. The fraction of sp³-hybridized carbons (Fsp3) is 0.0870. The molecule has 30 heavy (non-hydrogen) atoms. The Balaban J connectivity index is 1.69. The Bertz CT molecular complexity index is 1180. The molecule has 5 rings (SSSR count). The minimum Gasteiger partial charge on any atom is -0.506 e. The van der Waals surface area contributed by atoms with E-state index in [4.69, 9.17) is 12.2 Å². The molecule has 6 nitrogen and oxygen atoms in total. The lowest BCUT2D eigenvalue weighted by atomic mass is 10.0. The molecule has 0 amide bonds. The van der Waals surface area contributed by atoms with Crippen molar-refractivity contribution in [3.63, 3.8) is 0 Å². The Morgan fingerprint density at radius 1 is 0.900 bits per heavy atom. The number of para-hydroxylation sites is 2. The van der Waals surface area contributed by atoms with Gasteiger partial charge in [-0.3, -0.25) is 9.97 Å². The number of thiocarbonyl (C=S) groups is 1. The van der Waals surface area contributed by atoms with Crippen LogP contribution in [0, 0.1) is 0 Å². The Morgan fingerprint density at radius 3 is 2.47 bits per heavy atom. The van der Waals surface area contributed by atoms with Gasteiger partial charge < -0.3 is 19.9 Å². The summed E-state index contributed by atoms with van der Waals surface area (Å²) in [5.74, 6) is 0.176. The van der Waals surface area contributed by atoms with Crippen LogP contribution in [0.25, 0.3) is 5.69 Å². The molecule has 3 aromatic heterocycles. The van der Waals surface area contributed by atoms with Crippen LogP contribution >= 0.6 is 12.2 Å². The largest absolute Gasteiger partial charge is 0.506 e. The Labute approximate surface area is 179 Å². The van der Waals surface area contributed by atoms with E-state index in [0.29, 0.717) is 10.8 Å². The van der Waals surface area contributed by atoms with Crippen molar-refractivity contribution in [2.24, 2.45) is 0 Å². The summed E-state index contributed by atoms with van der Waals surface area (Å²) >= 11 is 5.73. The molecule has 7 heteroatoms. The minimum absolute atomic E-state index is 0.176. The van der Waals surface area contributed by atoms with Gasteiger partial charge in [-0.2, -0.15) is 0 Å². The van der Waals surface area contributed by atoms with E-state index in [1.54, 1.807) is 30.7 Å². The van der Waals surface area contributed by atoms with Crippen LogP contribution in [0.1, 0.15) is 23.5 Å². The Morgan fingerprint density at radius 2 is 1.70 bits per heavy atom. The third kappa shape index (κ3) is 3.09. The third-order valence-electron chi connectivity index (χ3n) is 5.26. The Hall–Kier alpha value is -3.71. The van der Waals surface area contributed by atoms with Crippen molar-refractivity contribution in [1.29, 1.82) is 0 Å². The van der Waals surface area contributed by atoms with E-state index >= 15 is 0 Å². The molecule has 1 saturated heterocycles. The number of anilines is 1. The molecule has 0 aliphatic carbocycles. The van der Waals surface area contributed by atoms with Crippen LogP contribution < -0.4 is 10.2 Å². The van der Waals surface area contributed by atoms with Crippen molar-refractivity contribution in [2.75, 3.05) is 4.90 Å². The first-order valence-electron chi connectivity index (χ1n) is 9.60. The van der Waals surface area contributed by atoms with Crippen LogP contribution in [-0.2, 0) is 0 Å². The quantitative estimate of drug-likeness (QED) is 0.490. The van der Waals surface area contributed by atoms with Crippen LogP contribution in [0.5, 0.6) is 5.75 Å². The zero-order chi connectivity index (χ0) is 20.5. The van der Waals surface area contributed by atoms with Crippen LogP contribution in [0.2, 0.25) is 0 Å². The number of phenolic OH excluding ortho intramolecular Hbond substituents is 1. The highest BCUT2D eigenvalue weighted by molar-refractivity contribution is 7.80. The molecule has 0 saturated carbocycles. The fourth-order valence-electron chi connectivity index (χ4n) is 3.96. The highest BCUT2D eigenvalue weighted by Crippen LogP contribution is 2.44. The summed E-state index contributed by atoms with van der Waals surface area (Å²) in [5, 5.41) is 14.5. The molecule has 0 radical (unpaired) electrons. The van der Waals surface area contributed by atoms with Crippen molar-refractivity contribution in [3.8, 4) is 11.4 Å². The Kier molecular flexibility index (Phi) is 4.65. The molecule has 0 unspecified atom stereocenters. The number of nitrogens with zero attached hydrogens (tertiary/aromatic N) is 4. The summed E-state index contributed by atoms with van der Waals surface area (Å²) in [6, 6.07) is 20.7. The zero-order valence-corrected chi connectivity index (χ0v) is 16.8. The average molecular weight is 414 g/mol. The third-order valence-corrected chi connectivity index (χ3v) is 5.58. The minimum atomic E-state index is -0.219. The van der Waals surface area contributed by atoms with Gasteiger partial charge >= 0.3 is 0 Å². The SMILES string of the molecule is Oc1ccccc1N1C(=S)N[C@@H](c2ccccn2)[C@H]1c1cccn1-c1ccncc1. The van der Waals surface area contributed by atoms with Gasteiger partial charge in [-0.15, -0.1) is 0 Å². The molecule has 2 N–H and O–H groups in total. The molecule has 0 bridgehead atoms. The van der Waals surface area contributed by atoms with Gasteiger partial charge in [0.05, 0.1) is 17.4 Å². The smallest absolute Gasteiger partial charge is 0.174 e. The van der Waals surface area contributed by atoms with Crippen molar-refractivity contribution in [1.82, 2.24) is 19.9 Å². The van der Waals surface area contributed by atoms with Gasteiger partial charge in [0.25, 0.3) is 0 Å². The molecular formula is C23H19N5OS. The van der Waals surface area contributed by atoms with Gasteiger partial charge in [0, 0.05) is 36.2 Å². The molecular weight excluding hydrogens is 394 g/mol. The molecule has 148 valence electrons. The topological polar surface area (TPSA) is 66.2 Å². The maximum absolute atomic E-state index is 10.6. The summed E-state index contributed by atoms with van der Waals surface area (Å²) in [4.78, 5) is 10.7. The van der Waals surface area contributed by atoms with E-state index < -0.39 is 0 Å². The summed E-state index contributed by atoms with van der Waals surface area (Å²) in [6.45, 7) is 0. The molecule has 4 aromatic rings. The van der Waals surface area contributed by atoms with Crippen molar-refractivity contribution < 1.29 is 5.11 Å². The van der Waals surface area contributed by atoms with Crippen molar-refractivity contribution in [2.45, 2.75) is 12.1 Å². The number of benzene rings is 1. The molecule has 1 aliphatic heterocycles. The van der Waals surface area contributed by atoms with Gasteiger partial charge in [-0.05, 0) is 60.7 Å². The summed E-state index contributed by atoms with van der Waals surface area (Å²) in [7, 11) is 0. The highest BCUT2D eigenvalue weighted by atomic mass is 32.1. The number of aromatic hydroxyl groups is 1. The second-order valence-electron chi connectivity index (χ2n) is 6.99. The lowest BCUT2D eigenvalue weighted by molar-refractivity contribution is 0.472. The fourth-order valence-corrected chi connectivity index (χ4v) is 4.30. The van der Waals surface area contributed by atoms with Gasteiger partial charge in [0.1, 0.15) is 11.8 Å². The monoisotopic (exact) mass is 413 g/mol. The predicted molar refractivity (Wildman–Crippen MR) is 120 cm³/mol. The molecule has 4 heterocycles. The zero-order valence-electron chi connectivity index (χ0n) is 16.0. The lowest BCUT2D eigenvalue weighted by Gasteiger charge is -2.29. The number of rotatable bonds is 4. The highest BCUT2D eigenvalue weighted by Gasteiger charge is 2.42. The van der Waals surface area contributed by atoms with E-state index in [-0.39, 0.29) is 17.8 Å². The molecule has 0 spiro atoms. The van der Waals surface area contributed by atoms with Crippen LogP contribution in [0.3, 0.4) is 0 Å². The van der Waals surface area contributed by atoms with Crippen LogP contribution in [-0.4, -0.2) is 24.8 Å². The molecule has 1 fully saturated rings. The summed E-state index contributed by atoms with van der Waals surface area (Å²) < 4.78 is 2.12. The first kappa shape index (κ1) is 18.3. The van der Waals surface area contributed by atoms with Crippen molar-refractivity contribution in [3.05, 3.63) is 103 Å². The van der Waals surface area contributed by atoms with E-state index in [1.807, 2.05) is 59.6 Å². The van der Waals surface area contributed by atoms with Gasteiger partial charge in [-0.1, -0.05) is 18.2 Å². The first-order valence-corrected chi connectivity index (χ1v) is 10.0. The summed E-state index contributed by atoms with van der Waals surface area (Å²) in [5.41, 5.74) is 3.55. The summed E-state index contributed by atoms with van der Waals surface area (Å²) in [6.07, 6.45) is 7.34. The molecule has 1 aliphatic rings. The maximum Gasteiger partial charge on any atom is 0.174 e. The van der Waals surface area contributed by atoms with Crippen LogP contribution in [0.15, 0.2) is 91.5 Å². The lowest BCUT2D eigenvalue weighted by Crippen LogP contribution is -2.30. The van der Waals surface area contributed by atoms with Crippen LogP contribution in [0.4, 0.5) is 5.69 Å². The van der Waals surface area contributed by atoms with Gasteiger partial charge in [0.2, 0.25) is 0 Å². The van der Waals surface area contributed by atoms with Crippen molar-refractivity contribution >= 4 is 23.0 Å². The number of hydrogen-bond donors (Lipinski definition) is 2.